The molecule has 1 aromatic carbocycles. The number of aliphatic hydroxyl groups is 1. The number of carbonyl (C=O) groups is 1. The van der Waals surface area contributed by atoms with Crippen LogP contribution in [0.2, 0.25) is 10.0 Å². The van der Waals surface area contributed by atoms with Gasteiger partial charge in [0.1, 0.15) is 0 Å². The predicted octanol–water partition coefficient (Wildman–Crippen LogP) is 2.77. The zero-order valence-electron chi connectivity index (χ0n) is 16.5. The minimum absolute atomic E-state index is 0.0600. The van der Waals surface area contributed by atoms with Gasteiger partial charge < -0.3 is 15.2 Å². The van der Waals surface area contributed by atoms with Gasteiger partial charge in [0.05, 0.1) is 10.0 Å². The molecule has 30 heavy (non-hydrogen) atoms. The van der Waals surface area contributed by atoms with Crippen LogP contribution in [-0.2, 0) is 0 Å². The zero-order chi connectivity index (χ0) is 22.2. The minimum Gasteiger partial charge on any atom is -0.434 e. The fourth-order valence-electron chi connectivity index (χ4n) is 2.72. The van der Waals surface area contributed by atoms with Crippen molar-refractivity contribution in [2.45, 2.75) is 27.0 Å². The summed E-state index contributed by atoms with van der Waals surface area (Å²) in [5.74, 6) is -1.45. The molecular weight excluding hydrogens is 437 g/mol. The van der Waals surface area contributed by atoms with Gasteiger partial charge in [0.25, 0.3) is 5.91 Å². The molecule has 0 radical (unpaired) electrons. The van der Waals surface area contributed by atoms with Gasteiger partial charge in [-0.1, -0.05) is 37.0 Å². The van der Waals surface area contributed by atoms with Gasteiger partial charge in [-0.25, -0.2) is 4.79 Å². The molecule has 1 amide bonds. The maximum absolute atomic E-state index is 12.2. The largest absolute Gasteiger partial charge is 0.439 e. The molecule has 1 atom stereocenters. The van der Waals surface area contributed by atoms with Crippen molar-refractivity contribution in [3.8, 4) is 5.75 Å². The van der Waals surface area contributed by atoms with Crippen molar-refractivity contribution in [3.05, 3.63) is 49.7 Å². The lowest BCUT2D eigenvalue weighted by atomic mass is 10.0. The van der Waals surface area contributed by atoms with Crippen LogP contribution in [-0.4, -0.2) is 45.3 Å². The average molecular weight is 456 g/mol. The van der Waals surface area contributed by atoms with E-state index in [0.717, 1.165) is 5.57 Å². The van der Waals surface area contributed by atoms with E-state index in [1.54, 1.807) is 20.0 Å². The third-order valence-corrected chi connectivity index (χ3v) is 5.13. The van der Waals surface area contributed by atoms with E-state index in [1.165, 1.54) is 11.1 Å². The quantitative estimate of drug-likeness (QED) is 0.644. The van der Waals surface area contributed by atoms with Crippen molar-refractivity contribution < 1.29 is 19.2 Å². The van der Waals surface area contributed by atoms with Crippen LogP contribution in [0.3, 0.4) is 0 Å². The number of carbonyl (C=O) groups excluding carboxylic acids is 1. The molecule has 1 aliphatic heterocycles. The molecule has 0 saturated heterocycles. The lowest BCUT2D eigenvalue weighted by Gasteiger charge is -2.29. The van der Waals surface area contributed by atoms with Gasteiger partial charge in [0.15, 0.2) is 12.0 Å². The van der Waals surface area contributed by atoms with Crippen molar-refractivity contribution in [1.29, 1.82) is 0 Å². The van der Waals surface area contributed by atoms with E-state index in [2.05, 4.69) is 25.1 Å². The number of rotatable bonds is 4. The Morgan fingerprint density at radius 1 is 1.43 bits per heavy atom. The molecular formula is C18H19Cl2N5O5. The number of aromatic nitrogens is 2. The standard InChI is InChI=1S/C18H19Cl2N5O5/c1-7(2)9-5-12(23-25(4)17(9)27)29-14-10(19)6-11(8(3)13(14)20)21-16(26)15-22-18(28)30-24-15/h5-7,17,27H,1-4H3,(H,21,26)(H,22,24,28). The van der Waals surface area contributed by atoms with E-state index in [4.69, 9.17) is 27.9 Å². The number of anilines is 1. The topological polar surface area (TPSA) is 133 Å². The highest BCUT2D eigenvalue weighted by Gasteiger charge is 2.26. The van der Waals surface area contributed by atoms with Crippen molar-refractivity contribution in [3.63, 3.8) is 0 Å². The average Bonchev–Trinajstić information content (AvgIpc) is 3.12. The van der Waals surface area contributed by atoms with Crippen LogP contribution in [0.25, 0.3) is 0 Å². The number of likely N-dealkylation sites (N-methyl/N-ethyl adjacent to an activating group) is 1. The van der Waals surface area contributed by atoms with Gasteiger partial charge in [0, 0.05) is 18.8 Å². The van der Waals surface area contributed by atoms with E-state index >= 15 is 0 Å². The summed E-state index contributed by atoms with van der Waals surface area (Å²) in [6, 6.07) is 1.45. The summed E-state index contributed by atoms with van der Waals surface area (Å²) in [6.45, 7) is 5.53. The Morgan fingerprint density at radius 3 is 2.73 bits per heavy atom. The Morgan fingerprint density at radius 2 is 2.13 bits per heavy atom. The van der Waals surface area contributed by atoms with Gasteiger partial charge in [-0.2, -0.15) is 0 Å². The van der Waals surface area contributed by atoms with Crippen LogP contribution < -0.4 is 15.8 Å². The maximum atomic E-state index is 12.2. The lowest BCUT2D eigenvalue weighted by molar-refractivity contribution is 0.0440. The molecule has 3 rings (SSSR count). The van der Waals surface area contributed by atoms with Crippen LogP contribution in [0.5, 0.6) is 5.75 Å². The summed E-state index contributed by atoms with van der Waals surface area (Å²) in [4.78, 5) is 25.3. The van der Waals surface area contributed by atoms with Crippen LogP contribution in [0.15, 0.2) is 32.1 Å². The molecule has 160 valence electrons. The molecule has 1 aromatic heterocycles. The summed E-state index contributed by atoms with van der Waals surface area (Å²) in [5.41, 5.74) is 1.48. The highest BCUT2D eigenvalue weighted by atomic mass is 35.5. The number of nitrogens with zero attached hydrogens (tertiary/aromatic N) is 3. The number of benzene rings is 1. The first-order valence-corrected chi connectivity index (χ1v) is 9.58. The lowest BCUT2D eigenvalue weighted by Crippen LogP contribution is -2.36. The Labute approximate surface area is 181 Å². The van der Waals surface area contributed by atoms with Crippen LogP contribution in [0.1, 0.15) is 30.0 Å². The highest BCUT2D eigenvalue weighted by molar-refractivity contribution is 6.38. The Balaban J connectivity index is 1.89. The Kier molecular flexibility index (Phi) is 6.20. The second-order valence-electron chi connectivity index (χ2n) is 6.86. The molecule has 2 aromatic rings. The number of hydrogen-bond donors (Lipinski definition) is 3. The summed E-state index contributed by atoms with van der Waals surface area (Å²) >= 11 is 12.8. The number of H-pyrrole nitrogens is 1. The van der Waals surface area contributed by atoms with Crippen LogP contribution in [0.4, 0.5) is 5.69 Å². The molecule has 3 N–H and O–H groups in total. The van der Waals surface area contributed by atoms with Gasteiger partial charge in [-0.05, 0) is 35.2 Å². The Bertz CT molecular complexity index is 1100. The molecule has 10 nitrogen and oxygen atoms in total. The number of hydrogen-bond acceptors (Lipinski definition) is 8. The van der Waals surface area contributed by atoms with Gasteiger partial charge >= 0.3 is 5.76 Å². The number of halogens is 2. The summed E-state index contributed by atoms with van der Waals surface area (Å²) in [6.07, 6.45) is 0.777. The summed E-state index contributed by atoms with van der Waals surface area (Å²) in [7, 11) is 1.62. The second-order valence-corrected chi connectivity index (χ2v) is 7.64. The predicted molar refractivity (Wildman–Crippen MR) is 111 cm³/mol. The first-order chi connectivity index (χ1) is 14.1. The molecule has 0 aliphatic carbocycles. The third-order valence-electron chi connectivity index (χ3n) is 4.40. The summed E-state index contributed by atoms with van der Waals surface area (Å²) in [5, 5.41) is 21.9. The van der Waals surface area contributed by atoms with E-state index < -0.39 is 17.9 Å². The molecule has 0 spiro atoms. The van der Waals surface area contributed by atoms with Crippen molar-refractivity contribution in [1.82, 2.24) is 15.1 Å². The number of ether oxygens (including phenoxy) is 1. The van der Waals surface area contributed by atoms with Gasteiger partial charge in [-0.3, -0.25) is 19.3 Å². The SMILES string of the molecule is Cc1c(NC(=O)c2noc(=O)[nH]2)cc(Cl)c(OC2=NN(C)C(O)C(C(C)C)=C2)c1Cl. The van der Waals surface area contributed by atoms with E-state index in [-0.39, 0.29) is 33.4 Å². The fourth-order valence-corrected chi connectivity index (χ4v) is 3.25. The molecule has 0 saturated carbocycles. The van der Waals surface area contributed by atoms with Crippen LogP contribution >= 0.6 is 23.2 Å². The smallest absolute Gasteiger partial charge is 0.434 e. The zero-order valence-corrected chi connectivity index (χ0v) is 18.0. The fraction of sp³-hybridized carbons (Fsp3) is 0.333. The van der Waals surface area contributed by atoms with Crippen molar-refractivity contribution in [2.24, 2.45) is 11.0 Å². The molecule has 1 aliphatic rings. The van der Waals surface area contributed by atoms with Crippen molar-refractivity contribution >= 4 is 40.7 Å². The summed E-state index contributed by atoms with van der Waals surface area (Å²) < 4.78 is 10.1. The van der Waals surface area contributed by atoms with Crippen LogP contribution in [0, 0.1) is 12.8 Å². The second kappa shape index (κ2) is 8.50. The normalized spacial score (nSPS) is 16.4. The monoisotopic (exact) mass is 455 g/mol. The number of aromatic amines is 1. The maximum Gasteiger partial charge on any atom is 0.439 e. The molecule has 1 unspecified atom stereocenters. The molecule has 2 heterocycles. The molecule has 12 heteroatoms. The van der Waals surface area contributed by atoms with E-state index in [9.17, 15) is 14.7 Å². The first-order valence-electron chi connectivity index (χ1n) is 8.83. The molecule has 0 fully saturated rings. The number of amides is 1. The Hall–Kier alpha value is -2.82. The highest BCUT2D eigenvalue weighted by Crippen LogP contribution is 2.40. The van der Waals surface area contributed by atoms with Crippen molar-refractivity contribution in [2.75, 3.05) is 12.4 Å². The number of hydrazone groups is 1. The van der Waals surface area contributed by atoms with Gasteiger partial charge in [-0.15, -0.1) is 5.10 Å². The van der Waals surface area contributed by atoms with E-state index in [0.29, 0.717) is 11.3 Å². The minimum atomic E-state index is -0.856. The number of aliphatic hydroxyl groups excluding tert-OH is 1. The van der Waals surface area contributed by atoms with Gasteiger partial charge in [0.2, 0.25) is 11.7 Å². The number of nitrogens with one attached hydrogen (secondary N) is 2. The third kappa shape index (κ3) is 4.35. The van der Waals surface area contributed by atoms with E-state index in [1.807, 2.05) is 13.8 Å². The molecule has 0 bridgehead atoms. The first kappa shape index (κ1) is 21.9.